The summed E-state index contributed by atoms with van der Waals surface area (Å²) < 4.78 is 11.2. The van der Waals surface area contributed by atoms with Gasteiger partial charge in [0, 0.05) is 46.4 Å². The number of imidazole rings is 2. The van der Waals surface area contributed by atoms with Gasteiger partial charge in [-0.3, -0.25) is 17.9 Å². The van der Waals surface area contributed by atoms with Crippen molar-refractivity contribution in [1.82, 2.24) is 37.9 Å². The Hall–Kier alpha value is -4.27. The molecule has 10 bridgehead atoms. The number of aromatic nitrogens is 8. The Balaban J connectivity index is 0.943. The van der Waals surface area contributed by atoms with Crippen LogP contribution < -0.4 is 16.4 Å². The van der Waals surface area contributed by atoms with Crippen LogP contribution in [0.2, 0.25) is 0 Å². The van der Waals surface area contributed by atoms with E-state index in [1.807, 2.05) is 0 Å². The molecule has 0 saturated heterocycles. The predicted molar refractivity (Wildman–Crippen MR) is 280 cm³/mol. The van der Waals surface area contributed by atoms with Crippen LogP contribution in [0.4, 0.5) is 0 Å². The molecule has 11 heteroatoms. The van der Waals surface area contributed by atoms with Gasteiger partial charge in [0.2, 0.25) is 0 Å². The van der Waals surface area contributed by atoms with Crippen LogP contribution in [0, 0.1) is 39.9 Å². The Morgan fingerprint density at radius 3 is 1.24 bits per heavy atom. The third-order valence-corrected chi connectivity index (χ3v) is 26.5. The maximum absolute atomic E-state index is 6.19. The molecule has 0 amide bonds. The summed E-state index contributed by atoms with van der Waals surface area (Å²) in [6.07, 6.45) is 24.3. The van der Waals surface area contributed by atoms with Crippen molar-refractivity contribution in [3.05, 3.63) is 63.0 Å². The first-order chi connectivity index (χ1) is 34.0. The zero-order valence-corrected chi connectivity index (χ0v) is 42.0. The Morgan fingerprint density at radius 1 is 0.486 bits per heavy atom. The fourth-order valence-corrected chi connectivity index (χ4v) is 22.7. The van der Waals surface area contributed by atoms with Gasteiger partial charge in [0.05, 0.1) is 22.8 Å². The van der Waals surface area contributed by atoms with Crippen LogP contribution in [-0.4, -0.2) is 60.3 Å². The van der Waals surface area contributed by atoms with Gasteiger partial charge in [-0.25, -0.2) is 19.9 Å². The molecule has 1 aromatic carbocycles. The molecule has 70 heavy (non-hydrogen) atoms. The Bertz CT molecular complexity index is 3560. The highest BCUT2D eigenvalue weighted by Crippen LogP contribution is 2.77. The lowest BCUT2D eigenvalue weighted by Gasteiger charge is -2.48. The molecular formula is C59H63B3N8. The van der Waals surface area contributed by atoms with E-state index in [0.717, 1.165) is 35.0 Å². The molecule has 8 saturated carbocycles. The van der Waals surface area contributed by atoms with E-state index in [2.05, 4.69) is 66.5 Å². The minimum Gasteiger partial charge on any atom is -0.281 e. The summed E-state index contributed by atoms with van der Waals surface area (Å²) >= 11 is 0. The molecule has 2 aliphatic heterocycles. The third kappa shape index (κ3) is 3.63. The average Bonchev–Trinajstić information content (AvgIpc) is 4.24. The molecule has 2 spiro atoms. The van der Waals surface area contributed by atoms with Crippen LogP contribution in [0.5, 0.6) is 0 Å². The van der Waals surface area contributed by atoms with E-state index < -0.39 is 0 Å². The average molecular weight is 917 g/mol. The second-order valence-electron chi connectivity index (χ2n) is 29.3. The zero-order valence-electron chi connectivity index (χ0n) is 42.0. The molecule has 8 nitrogen and oxygen atoms in total. The molecule has 8 heterocycles. The second kappa shape index (κ2) is 11.0. The van der Waals surface area contributed by atoms with Crippen molar-refractivity contribution >= 4 is 72.7 Å². The van der Waals surface area contributed by atoms with Gasteiger partial charge in [0.15, 0.2) is 22.6 Å². The summed E-state index contributed by atoms with van der Waals surface area (Å²) in [5, 5.41) is -0.115. The highest BCUT2D eigenvalue weighted by molar-refractivity contribution is 7.00. The molecule has 23 rings (SSSR count). The van der Waals surface area contributed by atoms with Crippen molar-refractivity contribution in [3.63, 3.8) is 0 Å². The van der Waals surface area contributed by atoms with Crippen LogP contribution in [-0.2, 0) is 5.21 Å². The molecule has 14 aliphatic carbocycles. The van der Waals surface area contributed by atoms with E-state index in [-0.39, 0.29) is 17.3 Å². The monoisotopic (exact) mass is 917 g/mol. The van der Waals surface area contributed by atoms with Crippen molar-refractivity contribution in [2.45, 2.75) is 189 Å². The SMILES string of the molecule is BC(B)(c1cc2c3c(c1)-n1c4nc5c(nc4n4c6c(c(c14)B3c1c3c(n4c7nc8c(nc7n-2c14)C1CC2CC4CC8CC24C1)C1CCC3CC1)C1CCC6CC1)C1CC2CC3CC5CC32C1)C(C)(C)C. The number of hydrogen-bond donors (Lipinski definition) is 0. The van der Waals surface area contributed by atoms with E-state index in [9.17, 15) is 0 Å². The summed E-state index contributed by atoms with van der Waals surface area (Å²) in [6.45, 7) is 7.58. The van der Waals surface area contributed by atoms with Crippen LogP contribution in [0.3, 0.4) is 0 Å². The van der Waals surface area contributed by atoms with Crippen LogP contribution in [0.25, 0.3) is 45.3 Å². The van der Waals surface area contributed by atoms with E-state index >= 15 is 0 Å². The number of nitrogens with zero attached hydrogens (tertiary/aromatic N) is 8. The largest absolute Gasteiger partial charge is 0.281 e. The summed E-state index contributed by atoms with van der Waals surface area (Å²) in [4.78, 5) is 24.7. The third-order valence-electron chi connectivity index (χ3n) is 26.5. The van der Waals surface area contributed by atoms with Crippen molar-refractivity contribution in [2.75, 3.05) is 0 Å². The summed E-state index contributed by atoms with van der Waals surface area (Å²) in [5.74, 6) is 8.35. The van der Waals surface area contributed by atoms with Gasteiger partial charge < -0.3 is 0 Å². The van der Waals surface area contributed by atoms with Gasteiger partial charge in [0.25, 0.3) is 6.71 Å². The normalized spacial score (nSPS) is 39.1. The highest BCUT2D eigenvalue weighted by Gasteiger charge is 2.68. The number of fused-ring (bicyclic) bond motifs is 24. The fraction of sp³-hybridized carbons (Fsp3) is 0.627. The first-order valence-corrected chi connectivity index (χ1v) is 29.2. The molecule has 0 N–H and O–H groups in total. The lowest BCUT2D eigenvalue weighted by Crippen LogP contribution is -2.61. The van der Waals surface area contributed by atoms with Crippen LogP contribution in [0.1, 0.15) is 235 Å². The lowest BCUT2D eigenvalue weighted by molar-refractivity contribution is 0.00320. The molecule has 10 atom stereocenters. The smallest absolute Gasteiger partial charge is 0.257 e. The lowest BCUT2D eigenvalue weighted by atomic mass is 9.32. The maximum Gasteiger partial charge on any atom is 0.257 e. The van der Waals surface area contributed by atoms with Crippen molar-refractivity contribution < 1.29 is 0 Å². The fourth-order valence-electron chi connectivity index (χ4n) is 22.7. The predicted octanol–water partition coefficient (Wildman–Crippen LogP) is 8.56. The van der Waals surface area contributed by atoms with Gasteiger partial charge in [0.1, 0.15) is 27.0 Å². The van der Waals surface area contributed by atoms with Crippen LogP contribution in [0.15, 0.2) is 12.1 Å². The number of hydrogen-bond acceptors (Lipinski definition) is 4. The standard InChI is InChI=1S/C59H63B3N8/c1-56(2,3)59(60,61)36-18-37-41-38(19-36)68-51-53(66-47-31-15-35-17-33-13-29(45(47)64-51)21-58(33,35)23-31)70-49-27-10-6-25(7-11-27)40(49)43(55(68)70)62(41)42-39-24-4-8-26(9-5-24)48(39)69-52-50(67(37)54(42)69)63-44-28-12-32-16-34-14-30(46(44)65-52)22-57(32,34)20-28/h18-19,24-35H,4-17,20-23,60-61H2,1-3H3. The van der Waals surface area contributed by atoms with Gasteiger partial charge in [-0.15, -0.1) is 0 Å². The van der Waals surface area contributed by atoms with Gasteiger partial charge in [-0.1, -0.05) is 31.5 Å². The summed E-state index contributed by atoms with van der Waals surface area (Å²) in [5.41, 5.74) is 30.1. The second-order valence-corrected chi connectivity index (χ2v) is 29.3. The molecule has 7 aromatic rings. The number of benzene rings is 1. The Labute approximate surface area is 411 Å². The van der Waals surface area contributed by atoms with Gasteiger partial charge >= 0.3 is 0 Å². The Kier molecular flexibility index (Phi) is 5.88. The van der Waals surface area contributed by atoms with Crippen molar-refractivity contribution in [2.24, 2.45) is 39.9 Å². The molecule has 348 valence electrons. The number of rotatable bonds is 1. The summed E-state index contributed by atoms with van der Waals surface area (Å²) in [7, 11) is 5.06. The van der Waals surface area contributed by atoms with Crippen molar-refractivity contribution in [1.29, 1.82) is 0 Å². The molecule has 16 aliphatic rings. The molecule has 8 fully saturated rings. The molecule has 6 aromatic heterocycles. The molecule has 10 unspecified atom stereocenters. The first-order valence-electron chi connectivity index (χ1n) is 29.2. The van der Waals surface area contributed by atoms with Crippen LogP contribution >= 0.6 is 0 Å². The van der Waals surface area contributed by atoms with E-state index in [1.165, 1.54) is 183 Å². The van der Waals surface area contributed by atoms with Gasteiger partial charge in [-0.2, -0.15) is 0 Å². The minimum atomic E-state index is -0.115. The van der Waals surface area contributed by atoms with Crippen molar-refractivity contribution in [3.8, 4) is 11.4 Å². The van der Waals surface area contributed by atoms with E-state index in [0.29, 0.717) is 58.2 Å². The minimum absolute atomic E-state index is 0.0287. The van der Waals surface area contributed by atoms with Gasteiger partial charge in [-0.05, 0) is 219 Å². The first kappa shape index (κ1) is 37.5. The topological polar surface area (TPSA) is 70.2 Å². The molecular weight excluding hydrogens is 853 g/mol. The quantitative estimate of drug-likeness (QED) is 0.155. The van der Waals surface area contributed by atoms with E-state index in [4.69, 9.17) is 19.9 Å². The maximum atomic E-state index is 6.19. The zero-order chi connectivity index (χ0) is 45.3. The van der Waals surface area contributed by atoms with E-state index in [1.54, 1.807) is 33.4 Å². The summed E-state index contributed by atoms with van der Waals surface area (Å²) in [6, 6.07) is 5.41. The highest BCUT2D eigenvalue weighted by atomic mass is 15.3. The molecule has 0 radical (unpaired) electrons. The Morgan fingerprint density at radius 2 is 0.857 bits per heavy atom.